The molecule has 1 unspecified atom stereocenters. The van der Waals surface area contributed by atoms with Gasteiger partial charge in [-0.2, -0.15) is 0 Å². The molecular weight excluding hydrogens is 575 g/mol. The van der Waals surface area contributed by atoms with Crippen LogP contribution in [0.15, 0.2) is 71.2 Å². The van der Waals surface area contributed by atoms with Crippen LogP contribution in [-0.2, 0) is 9.53 Å². The molecule has 0 saturated heterocycles. The van der Waals surface area contributed by atoms with Crippen molar-refractivity contribution in [2.24, 2.45) is 0 Å². The molecule has 0 radical (unpaired) electrons. The average Bonchev–Trinajstić information content (AvgIpc) is 2.90. The van der Waals surface area contributed by atoms with Crippen molar-refractivity contribution in [1.29, 1.82) is 0 Å². The maximum atomic E-state index is 15.1. The summed E-state index contributed by atoms with van der Waals surface area (Å²) in [5.41, 5.74) is 2.92. The number of esters is 1. The Hall–Kier alpha value is -3.78. The summed E-state index contributed by atoms with van der Waals surface area (Å²) in [4.78, 5) is 31.5. The molecule has 1 atom stereocenters. The van der Waals surface area contributed by atoms with Gasteiger partial charge < -0.3 is 14.8 Å². The minimum atomic E-state index is -0.733. The molecule has 8 heteroatoms. The van der Waals surface area contributed by atoms with Crippen LogP contribution >= 0.6 is 15.9 Å². The molecule has 40 heavy (non-hydrogen) atoms. The Balaban J connectivity index is 1.73. The Labute approximate surface area is 242 Å². The van der Waals surface area contributed by atoms with Crippen molar-refractivity contribution in [2.45, 2.75) is 45.6 Å². The number of carbonyl (C=O) groups is 2. The molecule has 0 saturated carbocycles. The van der Waals surface area contributed by atoms with Gasteiger partial charge in [-0.15, -0.1) is 0 Å². The van der Waals surface area contributed by atoms with Crippen LogP contribution in [0.2, 0.25) is 0 Å². The number of aromatic nitrogens is 1. The first-order chi connectivity index (χ1) is 19.0. The molecule has 0 fully saturated rings. The molecule has 1 heterocycles. The molecule has 0 spiro atoms. The molecule has 3 aromatic carbocycles. The molecule has 208 valence electrons. The zero-order valence-corrected chi connectivity index (χ0v) is 24.8. The van der Waals surface area contributed by atoms with Crippen molar-refractivity contribution in [1.82, 2.24) is 10.3 Å². The highest BCUT2D eigenvalue weighted by Gasteiger charge is 2.28. The summed E-state index contributed by atoms with van der Waals surface area (Å²) in [5.74, 6) is -1.82. The molecule has 0 aliphatic rings. The first-order valence-corrected chi connectivity index (χ1v) is 13.8. The number of benzene rings is 3. The number of halogens is 2. The van der Waals surface area contributed by atoms with E-state index < -0.39 is 23.3 Å². The lowest BCUT2D eigenvalue weighted by molar-refractivity contribution is -0.155. The van der Waals surface area contributed by atoms with Gasteiger partial charge in [0.05, 0.1) is 30.3 Å². The number of hydrogen-bond acceptors (Lipinski definition) is 5. The van der Waals surface area contributed by atoms with Crippen LogP contribution in [0.25, 0.3) is 22.2 Å². The zero-order chi connectivity index (χ0) is 29.0. The van der Waals surface area contributed by atoms with Crippen molar-refractivity contribution in [2.75, 3.05) is 13.7 Å². The minimum absolute atomic E-state index is 0.0205. The Bertz CT molecular complexity index is 1550. The fraction of sp³-hybridized carbons (Fsp3) is 0.281. The second kappa shape index (κ2) is 12.2. The van der Waals surface area contributed by atoms with Gasteiger partial charge in [-0.3, -0.25) is 9.59 Å². The summed E-state index contributed by atoms with van der Waals surface area (Å²) in [5, 5.41) is 3.64. The number of fused-ring (bicyclic) bond motifs is 1. The first kappa shape index (κ1) is 29.2. The highest BCUT2D eigenvalue weighted by molar-refractivity contribution is 9.10. The normalized spacial score (nSPS) is 12.2. The fourth-order valence-electron chi connectivity index (χ4n) is 4.76. The monoisotopic (exact) mass is 606 g/mol. The van der Waals surface area contributed by atoms with Gasteiger partial charge in [-0.1, -0.05) is 52.3 Å². The van der Waals surface area contributed by atoms with Crippen molar-refractivity contribution in [3.8, 4) is 17.0 Å². The lowest BCUT2D eigenvalue weighted by atomic mass is 9.93. The summed E-state index contributed by atoms with van der Waals surface area (Å²) in [6.07, 6.45) is -0.147. The smallest absolute Gasteiger partial charge is 0.306 e. The topological polar surface area (TPSA) is 77.5 Å². The number of nitrogens with zero attached hydrogens (tertiary/aromatic N) is 1. The molecule has 4 aromatic rings. The third kappa shape index (κ3) is 6.67. The van der Waals surface area contributed by atoms with Gasteiger partial charge in [0.15, 0.2) is 0 Å². The molecule has 1 amide bonds. The van der Waals surface area contributed by atoms with Crippen LogP contribution in [0.1, 0.15) is 54.6 Å². The predicted octanol–water partition coefficient (Wildman–Crippen LogP) is 7.37. The van der Waals surface area contributed by atoms with Gasteiger partial charge >= 0.3 is 5.97 Å². The lowest BCUT2D eigenvalue weighted by Crippen LogP contribution is -2.32. The fourth-order valence-corrected chi connectivity index (χ4v) is 5.12. The molecule has 0 aliphatic carbocycles. The van der Waals surface area contributed by atoms with E-state index in [0.29, 0.717) is 33.5 Å². The number of methoxy groups -OCH3 is 1. The molecule has 4 rings (SSSR count). The lowest BCUT2D eigenvalue weighted by Gasteiger charge is -2.24. The molecule has 0 aliphatic heterocycles. The average molecular weight is 608 g/mol. The van der Waals surface area contributed by atoms with Gasteiger partial charge in [-0.25, -0.2) is 9.37 Å². The summed E-state index contributed by atoms with van der Waals surface area (Å²) in [6.45, 7) is 7.15. The third-order valence-electron chi connectivity index (χ3n) is 6.45. The Morgan fingerprint density at radius 3 is 2.45 bits per heavy atom. The first-order valence-electron chi connectivity index (χ1n) is 13.0. The summed E-state index contributed by atoms with van der Waals surface area (Å²) in [7, 11) is 1.44. The van der Waals surface area contributed by atoms with E-state index in [1.807, 2.05) is 55.5 Å². The van der Waals surface area contributed by atoms with E-state index in [2.05, 4.69) is 21.2 Å². The highest BCUT2D eigenvalue weighted by atomic mass is 79.9. The minimum Gasteiger partial charge on any atom is -0.496 e. The van der Waals surface area contributed by atoms with Crippen LogP contribution in [0, 0.1) is 12.7 Å². The van der Waals surface area contributed by atoms with Gasteiger partial charge in [0.2, 0.25) is 0 Å². The summed E-state index contributed by atoms with van der Waals surface area (Å²) in [6, 6.07) is 19.7. The number of rotatable bonds is 8. The number of ether oxygens (including phenoxy) is 2. The van der Waals surface area contributed by atoms with E-state index in [1.54, 1.807) is 26.8 Å². The second-order valence-electron chi connectivity index (χ2n) is 10.5. The van der Waals surface area contributed by atoms with Gasteiger partial charge in [0.1, 0.15) is 17.2 Å². The van der Waals surface area contributed by atoms with Crippen LogP contribution in [0.5, 0.6) is 5.75 Å². The molecule has 1 N–H and O–H groups in total. The van der Waals surface area contributed by atoms with Crippen LogP contribution in [0.3, 0.4) is 0 Å². The van der Waals surface area contributed by atoms with Crippen molar-refractivity contribution in [3.05, 3.63) is 93.7 Å². The Morgan fingerprint density at radius 2 is 1.77 bits per heavy atom. The standard InChI is InChI=1S/C32H32BrFN2O4/c1-19-28(23-17-22(33)14-15-25(23)36-30(19)20-10-7-6-8-11-20)31(38)35-18-21(16-27(37)40-32(2,3)4)29-24(34)12-9-13-26(29)39-5/h6-15,17,21H,16,18H2,1-5H3,(H,35,38). The number of nitrogens with one attached hydrogen (secondary N) is 1. The zero-order valence-electron chi connectivity index (χ0n) is 23.2. The van der Waals surface area contributed by atoms with Gasteiger partial charge in [0.25, 0.3) is 5.91 Å². The van der Waals surface area contributed by atoms with E-state index in [0.717, 1.165) is 10.0 Å². The van der Waals surface area contributed by atoms with Crippen LogP contribution in [-0.4, -0.2) is 36.1 Å². The third-order valence-corrected chi connectivity index (χ3v) is 6.94. The predicted molar refractivity (Wildman–Crippen MR) is 158 cm³/mol. The summed E-state index contributed by atoms with van der Waals surface area (Å²) >= 11 is 3.50. The maximum Gasteiger partial charge on any atom is 0.306 e. The number of hydrogen-bond donors (Lipinski definition) is 1. The Kier molecular flexibility index (Phi) is 8.88. The second-order valence-corrected chi connectivity index (χ2v) is 11.5. The van der Waals surface area contributed by atoms with Gasteiger partial charge in [0, 0.05) is 33.4 Å². The molecule has 1 aromatic heterocycles. The molecular formula is C32H32BrFN2O4. The maximum absolute atomic E-state index is 15.1. The van der Waals surface area contributed by atoms with E-state index >= 15 is 4.39 Å². The Morgan fingerprint density at radius 1 is 1.05 bits per heavy atom. The van der Waals surface area contributed by atoms with Crippen molar-refractivity contribution >= 4 is 38.7 Å². The summed E-state index contributed by atoms with van der Waals surface area (Å²) < 4.78 is 26.9. The number of pyridine rings is 1. The van der Waals surface area contributed by atoms with Gasteiger partial charge in [-0.05, 0) is 63.6 Å². The number of carbonyl (C=O) groups excluding carboxylic acids is 2. The highest BCUT2D eigenvalue weighted by Crippen LogP contribution is 2.34. The van der Waals surface area contributed by atoms with E-state index in [-0.39, 0.29) is 24.4 Å². The van der Waals surface area contributed by atoms with Crippen LogP contribution < -0.4 is 10.1 Å². The molecule has 0 bridgehead atoms. The molecule has 6 nitrogen and oxygen atoms in total. The van der Waals surface area contributed by atoms with Crippen LogP contribution in [0.4, 0.5) is 4.39 Å². The SMILES string of the molecule is COc1cccc(F)c1C(CNC(=O)c1c(C)c(-c2ccccc2)nc2ccc(Br)cc12)CC(=O)OC(C)(C)C. The van der Waals surface area contributed by atoms with Crippen molar-refractivity contribution < 1.29 is 23.5 Å². The van der Waals surface area contributed by atoms with Crippen molar-refractivity contribution in [3.63, 3.8) is 0 Å². The van der Waals surface area contributed by atoms with E-state index in [4.69, 9.17) is 14.5 Å². The largest absolute Gasteiger partial charge is 0.496 e. The van der Waals surface area contributed by atoms with E-state index in [9.17, 15) is 9.59 Å². The van der Waals surface area contributed by atoms with E-state index in [1.165, 1.54) is 19.2 Å². The quantitative estimate of drug-likeness (QED) is 0.212. The number of amides is 1.